The average Bonchev–Trinajstić information content (AvgIpc) is 2.20. The molecule has 0 aromatic heterocycles. The third-order valence-corrected chi connectivity index (χ3v) is 1.96. The van der Waals surface area contributed by atoms with Gasteiger partial charge in [0.2, 0.25) is 5.78 Å². The van der Waals surface area contributed by atoms with Crippen LogP contribution in [0.4, 0.5) is 5.69 Å². The van der Waals surface area contributed by atoms with E-state index in [2.05, 4.69) is 5.32 Å². The van der Waals surface area contributed by atoms with Crippen LogP contribution in [0.3, 0.4) is 0 Å². The van der Waals surface area contributed by atoms with Gasteiger partial charge >= 0.3 is 5.97 Å². The second kappa shape index (κ2) is 5.06. The second-order valence-corrected chi connectivity index (χ2v) is 3.26. The Morgan fingerprint density at radius 1 is 1.25 bits per heavy atom. The minimum Gasteiger partial charge on any atom is -0.481 e. The highest BCUT2D eigenvalue weighted by Crippen LogP contribution is 2.12. The summed E-state index contributed by atoms with van der Waals surface area (Å²) in [6.45, 7) is 1.78. The van der Waals surface area contributed by atoms with Gasteiger partial charge in [-0.05, 0) is 18.6 Å². The number of hydrogen-bond donors (Lipinski definition) is 2. The highest BCUT2D eigenvalue weighted by molar-refractivity contribution is 6.42. The number of carboxylic acid groups (broad SMARTS) is 1. The first kappa shape index (κ1) is 11.9. The number of ketones is 1. The first-order valence-electron chi connectivity index (χ1n) is 4.62. The van der Waals surface area contributed by atoms with E-state index in [0.29, 0.717) is 5.69 Å². The molecule has 0 aliphatic rings. The third kappa shape index (κ3) is 3.20. The predicted molar refractivity (Wildman–Crippen MR) is 57.1 cm³/mol. The quantitative estimate of drug-likeness (QED) is 0.586. The zero-order valence-electron chi connectivity index (χ0n) is 8.69. The molecule has 5 nitrogen and oxygen atoms in total. The normalized spacial score (nSPS) is 9.56. The van der Waals surface area contributed by atoms with E-state index in [9.17, 15) is 14.4 Å². The number of rotatable bonds is 4. The van der Waals surface area contributed by atoms with Crippen LogP contribution < -0.4 is 5.32 Å². The van der Waals surface area contributed by atoms with Gasteiger partial charge in [-0.25, -0.2) is 0 Å². The monoisotopic (exact) mass is 221 g/mol. The molecule has 1 rings (SSSR count). The molecular formula is C11H11NO4. The topological polar surface area (TPSA) is 83.5 Å². The summed E-state index contributed by atoms with van der Waals surface area (Å²) in [4.78, 5) is 32.6. The Morgan fingerprint density at radius 2 is 1.88 bits per heavy atom. The van der Waals surface area contributed by atoms with Crippen molar-refractivity contribution < 1.29 is 19.5 Å². The maximum absolute atomic E-state index is 11.3. The molecule has 0 aliphatic carbocycles. The first-order chi connectivity index (χ1) is 7.50. The van der Waals surface area contributed by atoms with Gasteiger partial charge in [0.25, 0.3) is 5.91 Å². The number of benzene rings is 1. The van der Waals surface area contributed by atoms with Crippen molar-refractivity contribution in [2.75, 3.05) is 5.32 Å². The number of aryl methyl sites for hydroxylation is 1. The maximum Gasteiger partial charge on any atom is 0.311 e. The Kier molecular flexibility index (Phi) is 3.77. The molecule has 1 amide bonds. The molecule has 16 heavy (non-hydrogen) atoms. The summed E-state index contributed by atoms with van der Waals surface area (Å²) in [5.41, 5.74) is 1.31. The summed E-state index contributed by atoms with van der Waals surface area (Å²) in [6, 6.07) is 6.92. The SMILES string of the molecule is Cc1ccccc1NC(=O)C(=O)CC(=O)O. The van der Waals surface area contributed by atoms with Gasteiger partial charge in [0.05, 0.1) is 0 Å². The summed E-state index contributed by atoms with van der Waals surface area (Å²) >= 11 is 0. The van der Waals surface area contributed by atoms with E-state index in [0.717, 1.165) is 5.56 Å². The van der Waals surface area contributed by atoms with Crippen LogP contribution in [0.25, 0.3) is 0 Å². The number of Topliss-reactive ketones (excluding diaryl/α,β-unsaturated/α-hetero) is 1. The Labute approximate surface area is 92.1 Å². The molecule has 0 heterocycles. The summed E-state index contributed by atoms with van der Waals surface area (Å²) < 4.78 is 0. The van der Waals surface area contributed by atoms with Crippen molar-refractivity contribution in [3.05, 3.63) is 29.8 Å². The molecule has 5 heteroatoms. The lowest BCUT2D eigenvalue weighted by Gasteiger charge is -2.06. The number of carbonyl (C=O) groups excluding carboxylic acids is 2. The minimum atomic E-state index is -1.31. The summed E-state index contributed by atoms with van der Waals surface area (Å²) in [6.07, 6.45) is -0.794. The van der Waals surface area contributed by atoms with Gasteiger partial charge in [0, 0.05) is 5.69 Å². The van der Waals surface area contributed by atoms with E-state index >= 15 is 0 Å². The van der Waals surface area contributed by atoms with Crippen molar-refractivity contribution in [1.82, 2.24) is 0 Å². The molecule has 0 bridgehead atoms. The van der Waals surface area contributed by atoms with E-state index in [1.807, 2.05) is 0 Å². The molecule has 1 aromatic rings. The van der Waals surface area contributed by atoms with Crippen molar-refractivity contribution in [2.24, 2.45) is 0 Å². The van der Waals surface area contributed by atoms with Gasteiger partial charge in [0.15, 0.2) is 0 Å². The van der Waals surface area contributed by atoms with Gasteiger partial charge in [-0.3, -0.25) is 14.4 Å². The fraction of sp³-hybridized carbons (Fsp3) is 0.182. The van der Waals surface area contributed by atoms with E-state index in [4.69, 9.17) is 5.11 Å². The highest BCUT2D eigenvalue weighted by Gasteiger charge is 2.17. The van der Waals surface area contributed by atoms with Gasteiger partial charge in [-0.1, -0.05) is 18.2 Å². The number of carbonyl (C=O) groups is 3. The van der Waals surface area contributed by atoms with Crippen LogP contribution in [0.2, 0.25) is 0 Å². The Bertz CT molecular complexity index is 439. The van der Waals surface area contributed by atoms with Crippen LogP contribution in [0, 0.1) is 6.92 Å². The molecule has 1 aromatic carbocycles. The fourth-order valence-electron chi connectivity index (χ4n) is 1.12. The van der Waals surface area contributed by atoms with Gasteiger partial charge < -0.3 is 10.4 Å². The summed E-state index contributed by atoms with van der Waals surface area (Å²) in [5.74, 6) is -3.18. The lowest BCUT2D eigenvalue weighted by molar-refractivity contribution is -0.144. The molecule has 0 radical (unpaired) electrons. The summed E-state index contributed by atoms with van der Waals surface area (Å²) in [5, 5.41) is 10.7. The fourth-order valence-corrected chi connectivity index (χ4v) is 1.12. The van der Waals surface area contributed by atoms with Crippen LogP contribution in [0.15, 0.2) is 24.3 Å². The van der Waals surface area contributed by atoms with Gasteiger partial charge in [-0.2, -0.15) is 0 Å². The van der Waals surface area contributed by atoms with Crippen LogP contribution in [-0.2, 0) is 14.4 Å². The Balaban J connectivity index is 2.68. The summed E-state index contributed by atoms with van der Waals surface area (Å²) in [7, 11) is 0. The van der Waals surface area contributed by atoms with Gasteiger partial charge in [-0.15, -0.1) is 0 Å². The zero-order chi connectivity index (χ0) is 12.1. The van der Waals surface area contributed by atoms with Crippen molar-refractivity contribution in [3.8, 4) is 0 Å². The molecule has 0 spiro atoms. The Morgan fingerprint density at radius 3 is 2.44 bits per heavy atom. The number of hydrogen-bond acceptors (Lipinski definition) is 3. The van der Waals surface area contributed by atoms with Crippen molar-refractivity contribution in [2.45, 2.75) is 13.3 Å². The number of para-hydroxylation sites is 1. The molecule has 0 saturated carbocycles. The lowest BCUT2D eigenvalue weighted by Crippen LogP contribution is -2.25. The molecule has 0 aliphatic heterocycles. The number of aliphatic carboxylic acids is 1. The molecule has 0 saturated heterocycles. The number of nitrogens with one attached hydrogen (secondary N) is 1. The first-order valence-corrected chi connectivity index (χ1v) is 4.62. The average molecular weight is 221 g/mol. The molecule has 2 N–H and O–H groups in total. The third-order valence-electron chi connectivity index (χ3n) is 1.96. The van der Waals surface area contributed by atoms with E-state index in [1.54, 1.807) is 31.2 Å². The minimum absolute atomic E-state index is 0.506. The molecule has 0 atom stereocenters. The molecule has 0 fully saturated rings. The van der Waals surface area contributed by atoms with Gasteiger partial charge in [0.1, 0.15) is 6.42 Å². The standard InChI is InChI=1S/C11H11NO4/c1-7-4-2-3-5-8(7)12-11(16)9(13)6-10(14)15/h2-5H,6H2,1H3,(H,12,16)(H,14,15). The van der Waals surface area contributed by atoms with Crippen molar-refractivity contribution in [1.29, 1.82) is 0 Å². The van der Waals surface area contributed by atoms with Crippen LogP contribution in [0.1, 0.15) is 12.0 Å². The number of carboxylic acids is 1. The van der Waals surface area contributed by atoms with Crippen molar-refractivity contribution in [3.63, 3.8) is 0 Å². The largest absolute Gasteiger partial charge is 0.481 e. The molecule has 0 unspecified atom stereocenters. The molecule has 84 valence electrons. The highest BCUT2D eigenvalue weighted by atomic mass is 16.4. The van der Waals surface area contributed by atoms with Crippen LogP contribution in [0.5, 0.6) is 0 Å². The second-order valence-electron chi connectivity index (χ2n) is 3.26. The van der Waals surface area contributed by atoms with Crippen LogP contribution >= 0.6 is 0 Å². The number of anilines is 1. The lowest BCUT2D eigenvalue weighted by atomic mass is 10.2. The van der Waals surface area contributed by atoms with Crippen molar-refractivity contribution >= 4 is 23.3 Å². The van der Waals surface area contributed by atoms with Crippen LogP contribution in [-0.4, -0.2) is 22.8 Å². The smallest absolute Gasteiger partial charge is 0.311 e. The molecular weight excluding hydrogens is 210 g/mol. The maximum atomic E-state index is 11.3. The van der Waals surface area contributed by atoms with E-state index in [-0.39, 0.29) is 0 Å². The van der Waals surface area contributed by atoms with E-state index < -0.39 is 24.1 Å². The zero-order valence-corrected chi connectivity index (χ0v) is 8.69. The Hall–Kier alpha value is -2.17. The number of amides is 1. The predicted octanol–water partition coefficient (Wildman–Crippen LogP) is 0.977. The van der Waals surface area contributed by atoms with E-state index in [1.165, 1.54) is 0 Å².